The van der Waals surface area contributed by atoms with Gasteiger partial charge in [0, 0.05) is 41.3 Å². The van der Waals surface area contributed by atoms with E-state index < -0.39 is 0 Å². The molecule has 1 fully saturated rings. The molecule has 0 saturated carbocycles. The highest BCUT2D eigenvalue weighted by Crippen LogP contribution is 2.26. The molecular formula is C23H21ClN6O3. The van der Waals surface area contributed by atoms with Crippen LogP contribution in [0, 0.1) is 13.8 Å². The molecule has 0 radical (unpaired) electrons. The van der Waals surface area contributed by atoms with Gasteiger partial charge < -0.3 is 14.2 Å². The van der Waals surface area contributed by atoms with Gasteiger partial charge in [0.15, 0.2) is 0 Å². The number of aromatic nitrogens is 5. The molecule has 0 amide bonds. The molecule has 5 heterocycles. The highest BCUT2D eigenvalue weighted by atomic mass is 35.5. The van der Waals surface area contributed by atoms with Crippen molar-refractivity contribution in [2.45, 2.75) is 26.5 Å². The topological polar surface area (TPSA) is 99.2 Å². The fourth-order valence-electron chi connectivity index (χ4n) is 3.60. The second-order valence-corrected chi connectivity index (χ2v) is 8.36. The second-order valence-electron chi connectivity index (χ2n) is 7.92. The summed E-state index contributed by atoms with van der Waals surface area (Å²) in [6.45, 7) is 5.29. The molecule has 1 aliphatic heterocycles. The number of anilines is 1. The van der Waals surface area contributed by atoms with Crippen LogP contribution in [0.5, 0.6) is 5.88 Å². The Hall–Kier alpha value is -3.72. The normalized spacial score (nSPS) is 13.7. The summed E-state index contributed by atoms with van der Waals surface area (Å²) in [5.74, 6) is 1.17. The Morgan fingerprint density at radius 3 is 2.67 bits per heavy atom. The number of halogens is 1. The molecule has 168 valence electrons. The average molecular weight is 465 g/mol. The summed E-state index contributed by atoms with van der Waals surface area (Å²) in [5, 5.41) is 9.10. The van der Waals surface area contributed by atoms with Gasteiger partial charge in [-0.25, -0.2) is 9.67 Å². The van der Waals surface area contributed by atoms with E-state index in [1.54, 1.807) is 36.8 Å². The number of hydrogen-bond acceptors (Lipinski definition) is 8. The monoisotopic (exact) mass is 464 g/mol. The first-order valence-corrected chi connectivity index (χ1v) is 10.8. The van der Waals surface area contributed by atoms with Crippen molar-refractivity contribution in [2.75, 3.05) is 18.0 Å². The number of pyridine rings is 2. The molecule has 5 rings (SSSR count). The van der Waals surface area contributed by atoms with E-state index in [9.17, 15) is 4.79 Å². The summed E-state index contributed by atoms with van der Waals surface area (Å²) in [4.78, 5) is 23.3. The third-order valence-electron chi connectivity index (χ3n) is 5.53. The summed E-state index contributed by atoms with van der Waals surface area (Å²) in [6, 6.07) is 8.91. The molecular weight excluding hydrogens is 444 g/mol. The quantitative estimate of drug-likeness (QED) is 0.428. The summed E-state index contributed by atoms with van der Waals surface area (Å²) < 4.78 is 12.6. The molecule has 33 heavy (non-hydrogen) atoms. The van der Waals surface area contributed by atoms with Crippen molar-refractivity contribution in [3.63, 3.8) is 0 Å². The minimum Gasteiger partial charge on any atom is -0.471 e. The third kappa shape index (κ3) is 4.45. The Balaban J connectivity index is 1.27. The molecule has 1 aliphatic rings. The first-order chi connectivity index (χ1) is 16.0. The van der Waals surface area contributed by atoms with Crippen molar-refractivity contribution in [3.8, 4) is 17.1 Å². The van der Waals surface area contributed by atoms with Crippen molar-refractivity contribution in [1.29, 1.82) is 0 Å². The van der Waals surface area contributed by atoms with Gasteiger partial charge in [0.25, 0.3) is 5.56 Å². The van der Waals surface area contributed by atoms with Gasteiger partial charge in [-0.2, -0.15) is 5.10 Å². The predicted octanol–water partition coefficient (Wildman–Crippen LogP) is 3.27. The number of nitrogens with zero attached hydrogens (tertiary/aromatic N) is 6. The van der Waals surface area contributed by atoms with Crippen molar-refractivity contribution < 1.29 is 9.26 Å². The maximum atomic E-state index is 12.8. The van der Waals surface area contributed by atoms with E-state index in [0.29, 0.717) is 35.4 Å². The Morgan fingerprint density at radius 1 is 1.12 bits per heavy atom. The van der Waals surface area contributed by atoms with Crippen molar-refractivity contribution >= 4 is 17.3 Å². The molecule has 0 aromatic carbocycles. The van der Waals surface area contributed by atoms with Crippen LogP contribution in [0.1, 0.15) is 17.0 Å². The SMILES string of the molecule is Cc1ccc(-c2noc(C)c2Cn2ncc(N3CC(Oc4ccc(Cl)cn4)C3)cc2=O)cn1. The highest BCUT2D eigenvalue weighted by molar-refractivity contribution is 6.30. The molecule has 0 bridgehead atoms. The fraction of sp³-hybridized carbons (Fsp3) is 0.261. The molecule has 0 aliphatic carbocycles. The summed E-state index contributed by atoms with van der Waals surface area (Å²) in [5.41, 5.74) is 3.76. The van der Waals surface area contributed by atoms with E-state index in [2.05, 4.69) is 20.2 Å². The van der Waals surface area contributed by atoms with Gasteiger partial charge in [0.1, 0.15) is 17.6 Å². The number of ether oxygens (including phenoxy) is 1. The van der Waals surface area contributed by atoms with Crippen LogP contribution in [-0.2, 0) is 6.54 Å². The molecule has 10 heteroatoms. The van der Waals surface area contributed by atoms with Crippen LogP contribution >= 0.6 is 11.6 Å². The number of hydrogen-bond donors (Lipinski definition) is 0. The Kier molecular flexibility index (Phi) is 5.55. The van der Waals surface area contributed by atoms with E-state index in [-0.39, 0.29) is 18.2 Å². The molecule has 0 unspecified atom stereocenters. The van der Waals surface area contributed by atoms with Gasteiger partial charge in [0.2, 0.25) is 5.88 Å². The molecule has 0 spiro atoms. The third-order valence-corrected chi connectivity index (χ3v) is 5.76. The zero-order valence-corrected chi connectivity index (χ0v) is 18.9. The first-order valence-electron chi connectivity index (χ1n) is 10.4. The van der Waals surface area contributed by atoms with Gasteiger partial charge >= 0.3 is 0 Å². The van der Waals surface area contributed by atoms with E-state index in [4.69, 9.17) is 20.9 Å². The van der Waals surface area contributed by atoms with Crippen LogP contribution in [0.15, 0.2) is 58.2 Å². The van der Waals surface area contributed by atoms with E-state index in [1.165, 1.54) is 4.68 Å². The first kappa shape index (κ1) is 21.1. The Bertz CT molecular complexity index is 1330. The van der Waals surface area contributed by atoms with Crippen LogP contribution in [-0.4, -0.2) is 44.1 Å². The molecule has 0 atom stereocenters. The lowest BCUT2D eigenvalue weighted by Crippen LogP contribution is -2.54. The Labute approximate surface area is 194 Å². The van der Waals surface area contributed by atoms with E-state index in [0.717, 1.165) is 22.5 Å². The minimum absolute atomic E-state index is 0.00793. The van der Waals surface area contributed by atoms with Crippen LogP contribution in [0.25, 0.3) is 11.3 Å². The lowest BCUT2D eigenvalue weighted by atomic mass is 10.1. The largest absolute Gasteiger partial charge is 0.471 e. The van der Waals surface area contributed by atoms with Gasteiger partial charge in [-0.15, -0.1) is 0 Å². The molecule has 4 aromatic rings. The summed E-state index contributed by atoms with van der Waals surface area (Å²) in [6.07, 6.45) is 4.98. The van der Waals surface area contributed by atoms with E-state index >= 15 is 0 Å². The van der Waals surface area contributed by atoms with Gasteiger partial charge in [-0.3, -0.25) is 9.78 Å². The number of aryl methyl sites for hydroxylation is 2. The van der Waals surface area contributed by atoms with Crippen molar-refractivity contribution in [1.82, 2.24) is 24.9 Å². The standard InChI is InChI=1S/C23H21ClN6O3/c1-14-3-4-16(8-25-14)23-20(15(2)33-28-23)13-30-22(31)7-18(10-27-30)29-11-19(12-29)32-21-6-5-17(24)9-26-21/h3-10,19H,11-13H2,1-2H3. The maximum absolute atomic E-state index is 12.8. The van der Waals surface area contributed by atoms with Crippen LogP contribution in [0.4, 0.5) is 5.69 Å². The highest BCUT2D eigenvalue weighted by Gasteiger charge is 2.29. The lowest BCUT2D eigenvalue weighted by Gasteiger charge is -2.40. The lowest BCUT2D eigenvalue weighted by molar-refractivity contribution is 0.160. The average Bonchev–Trinajstić information content (AvgIpc) is 3.14. The maximum Gasteiger partial charge on any atom is 0.269 e. The van der Waals surface area contributed by atoms with Crippen molar-refractivity contribution in [3.05, 3.63) is 81.3 Å². The van der Waals surface area contributed by atoms with Crippen LogP contribution in [0.2, 0.25) is 5.02 Å². The number of rotatable bonds is 6. The molecule has 4 aromatic heterocycles. The smallest absolute Gasteiger partial charge is 0.269 e. The minimum atomic E-state index is -0.204. The van der Waals surface area contributed by atoms with E-state index in [1.807, 2.05) is 30.9 Å². The summed E-state index contributed by atoms with van der Waals surface area (Å²) >= 11 is 5.85. The van der Waals surface area contributed by atoms with Gasteiger partial charge in [-0.1, -0.05) is 16.8 Å². The second kappa shape index (κ2) is 8.67. The zero-order valence-electron chi connectivity index (χ0n) is 18.1. The fourth-order valence-corrected chi connectivity index (χ4v) is 3.72. The van der Waals surface area contributed by atoms with Gasteiger partial charge in [-0.05, 0) is 32.0 Å². The summed E-state index contributed by atoms with van der Waals surface area (Å²) in [7, 11) is 0. The van der Waals surface area contributed by atoms with Crippen LogP contribution in [0.3, 0.4) is 0 Å². The van der Waals surface area contributed by atoms with Gasteiger partial charge in [0.05, 0.1) is 36.5 Å². The Morgan fingerprint density at radius 2 is 1.97 bits per heavy atom. The molecule has 0 N–H and O–H groups in total. The molecule has 1 saturated heterocycles. The zero-order chi connectivity index (χ0) is 22.9. The van der Waals surface area contributed by atoms with Crippen molar-refractivity contribution in [2.24, 2.45) is 0 Å². The predicted molar refractivity (Wildman–Crippen MR) is 123 cm³/mol. The molecule has 9 nitrogen and oxygen atoms in total. The van der Waals surface area contributed by atoms with Crippen LogP contribution < -0.4 is 15.2 Å².